The molecule has 1 aromatic heterocycles. The van der Waals surface area contributed by atoms with Crippen LogP contribution < -0.4 is 5.32 Å². The predicted octanol–water partition coefficient (Wildman–Crippen LogP) is 5.28. The molecule has 5 fully saturated rings. The smallest absolute Gasteiger partial charge is 0.303 e. The maximum atomic E-state index is 15.0. The molecule has 7 rings (SSSR count). The van der Waals surface area contributed by atoms with Crippen LogP contribution in [0.2, 0.25) is 0 Å². The first-order valence-corrected chi connectivity index (χ1v) is 22.9. The second-order valence-electron chi connectivity index (χ2n) is 21.8. The van der Waals surface area contributed by atoms with E-state index in [-0.39, 0.29) is 51.5 Å². The van der Waals surface area contributed by atoms with Crippen molar-refractivity contribution in [2.75, 3.05) is 6.61 Å². The number of nitrogens with zero attached hydrogens (tertiary/aromatic N) is 3. The number of ether oxygens (including phenoxy) is 5. The van der Waals surface area contributed by atoms with Gasteiger partial charge in [-0.1, -0.05) is 65.3 Å². The summed E-state index contributed by atoms with van der Waals surface area (Å²) in [5.74, 6) is -2.55. The standard InChI is InChI=1S/C47H70N4O12/c1-25(52)59-24-32-37(60-26(2)53)38(61-27(3)54)39(62-28(4)55)40(63-32)51-23-29(49-50-51)22-48-41(58)47-19-18-42(5,6)20-31(47)30-12-13-34-44(9)16-15-35(56)43(7,8)33(44)14-17-45(34,10)46(30,11)21-36(47)57/h12,23,31-40,56-57H,13-22,24H2,1-11H3,(H,48,58)/t31?,32-,33?,34?,35-,36+,37-,38+,39+,40-,44-,45+,46+,47+/m0/s1. The molecule has 0 aromatic carbocycles. The van der Waals surface area contributed by atoms with E-state index in [0.717, 1.165) is 65.7 Å². The van der Waals surface area contributed by atoms with E-state index in [2.05, 4.69) is 70.2 Å². The van der Waals surface area contributed by atoms with E-state index in [0.29, 0.717) is 30.4 Å². The molecular formula is C47H70N4O12. The Balaban J connectivity index is 1.17. The van der Waals surface area contributed by atoms with E-state index >= 15 is 0 Å². The molecule has 2 heterocycles. The second-order valence-corrected chi connectivity index (χ2v) is 21.8. The largest absolute Gasteiger partial charge is 0.463 e. The molecule has 0 spiro atoms. The highest BCUT2D eigenvalue weighted by molar-refractivity contribution is 5.85. The summed E-state index contributed by atoms with van der Waals surface area (Å²) < 4.78 is 29.4. The first-order valence-electron chi connectivity index (χ1n) is 22.9. The zero-order valence-electron chi connectivity index (χ0n) is 39.0. The number of rotatable bonds is 9. The Hall–Kier alpha value is -3.89. The fourth-order valence-corrected chi connectivity index (χ4v) is 14.0. The fourth-order valence-electron chi connectivity index (χ4n) is 14.0. The van der Waals surface area contributed by atoms with E-state index in [1.807, 2.05) is 0 Å². The molecule has 1 aromatic rings. The third kappa shape index (κ3) is 7.91. The number of aromatic nitrogens is 3. The minimum absolute atomic E-state index is 0.0381. The molecule has 16 heteroatoms. The summed E-state index contributed by atoms with van der Waals surface area (Å²) in [5.41, 5.74) is -0.0783. The Kier molecular flexibility index (Phi) is 12.3. The number of amides is 1. The summed E-state index contributed by atoms with van der Waals surface area (Å²) in [5, 5.41) is 35.5. The lowest BCUT2D eigenvalue weighted by Crippen LogP contribution is -2.68. The molecule has 16 nitrogen and oxygen atoms in total. The van der Waals surface area contributed by atoms with E-state index in [4.69, 9.17) is 23.7 Å². The number of hydrogen-bond donors (Lipinski definition) is 3. The van der Waals surface area contributed by atoms with Crippen LogP contribution in [0.25, 0.3) is 0 Å². The molecule has 3 unspecified atom stereocenters. The van der Waals surface area contributed by atoms with Crippen molar-refractivity contribution in [2.45, 2.75) is 183 Å². The maximum absolute atomic E-state index is 15.0. The molecule has 1 aliphatic heterocycles. The van der Waals surface area contributed by atoms with Crippen LogP contribution in [0.5, 0.6) is 0 Å². The summed E-state index contributed by atoms with van der Waals surface area (Å²) in [6.07, 6.45) is 3.39. The predicted molar refractivity (Wildman–Crippen MR) is 226 cm³/mol. The third-order valence-corrected chi connectivity index (χ3v) is 17.3. The molecular weight excluding hydrogens is 813 g/mol. The van der Waals surface area contributed by atoms with Crippen LogP contribution in [-0.2, 0) is 54.2 Å². The number of aliphatic hydroxyl groups excluding tert-OH is 2. The Bertz CT molecular complexity index is 2010. The van der Waals surface area contributed by atoms with E-state index in [1.165, 1.54) is 23.4 Å². The highest BCUT2D eigenvalue weighted by Crippen LogP contribution is 2.75. The van der Waals surface area contributed by atoms with Gasteiger partial charge in [0.2, 0.25) is 5.91 Å². The van der Waals surface area contributed by atoms with Gasteiger partial charge in [-0.3, -0.25) is 24.0 Å². The van der Waals surface area contributed by atoms with E-state index in [1.54, 1.807) is 0 Å². The van der Waals surface area contributed by atoms with E-state index in [9.17, 15) is 34.2 Å². The lowest BCUT2D eigenvalue weighted by molar-refractivity contribution is -0.270. The molecule has 1 amide bonds. The lowest BCUT2D eigenvalue weighted by Gasteiger charge is -2.71. The molecule has 1 saturated heterocycles. The highest BCUT2D eigenvalue weighted by atomic mass is 16.7. The van der Waals surface area contributed by atoms with Gasteiger partial charge in [-0.05, 0) is 103 Å². The quantitative estimate of drug-likeness (QED) is 0.164. The van der Waals surface area contributed by atoms with Crippen molar-refractivity contribution in [2.24, 2.45) is 50.2 Å². The van der Waals surface area contributed by atoms with Gasteiger partial charge in [0.25, 0.3) is 0 Å². The summed E-state index contributed by atoms with van der Waals surface area (Å²) in [4.78, 5) is 63.8. The number of esters is 4. The van der Waals surface area contributed by atoms with Crippen molar-refractivity contribution in [3.63, 3.8) is 0 Å². The molecule has 6 aliphatic rings. The summed E-state index contributed by atoms with van der Waals surface area (Å²) in [6, 6.07) is 0. The molecule has 4 saturated carbocycles. The molecule has 350 valence electrons. The van der Waals surface area contributed by atoms with Crippen LogP contribution in [-0.4, -0.2) is 98.2 Å². The zero-order chi connectivity index (χ0) is 46.2. The number of nitrogens with one attached hydrogen (secondary N) is 1. The minimum Gasteiger partial charge on any atom is -0.463 e. The minimum atomic E-state index is -1.39. The maximum Gasteiger partial charge on any atom is 0.303 e. The average Bonchev–Trinajstić information content (AvgIpc) is 3.65. The monoisotopic (exact) mass is 882 g/mol. The zero-order valence-corrected chi connectivity index (χ0v) is 39.0. The molecule has 3 N–H and O–H groups in total. The number of fused-ring (bicyclic) bond motifs is 7. The van der Waals surface area contributed by atoms with Gasteiger partial charge in [-0.2, -0.15) is 0 Å². The Morgan fingerprint density at radius 2 is 1.44 bits per heavy atom. The van der Waals surface area contributed by atoms with Crippen LogP contribution in [0.3, 0.4) is 0 Å². The van der Waals surface area contributed by atoms with Crippen molar-refractivity contribution < 1.29 is 57.9 Å². The van der Waals surface area contributed by atoms with Gasteiger partial charge in [0.15, 0.2) is 24.5 Å². The average molecular weight is 883 g/mol. The van der Waals surface area contributed by atoms with E-state index < -0.39 is 72.6 Å². The topological polar surface area (TPSA) is 215 Å². The summed E-state index contributed by atoms with van der Waals surface area (Å²) in [7, 11) is 0. The van der Waals surface area contributed by atoms with Crippen LogP contribution in [0, 0.1) is 50.2 Å². The highest BCUT2D eigenvalue weighted by Gasteiger charge is 2.71. The van der Waals surface area contributed by atoms with Crippen LogP contribution in [0.15, 0.2) is 17.8 Å². The van der Waals surface area contributed by atoms with Crippen LogP contribution in [0.4, 0.5) is 0 Å². The van der Waals surface area contributed by atoms with Crippen molar-refractivity contribution in [3.8, 4) is 0 Å². The molecule has 0 radical (unpaired) electrons. The fraction of sp³-hybridized carbons (Fsp3) is 0.809. The molecule has 14 atom stereocenters. The summed E-state index contributed by atoms with van der Waals surface area (Å²) >= 11 is 0. The van der Waals surface area contributed by atoms with Gasteiger partial charge in [0.05, 0.1) is 30.4 Å². The molecule has 5 aliphatic carbocycles. The van der Waals surface area contributed by atoms with Gasteiger partial charge < -0.3 is 39.2 Å². The molecule has 63 heavy (non-hydrogen) atoms. The van der Waals surface area contributed by atoms with Gasteiger partial charge in [-0.25, -0.2) is 4.68 Å². The van der Waals surface area contributed by atoms with Crippen LogP contribution >= 0.6 is 0 Å². The Labute approximate surface area is 370 Å². The number of aliphatic hydroxyl groups is 2. The Morgan fingerprint density at radius 1 is 0.794 bits per heavy atom. The lowest BCUT2D eigenvalue weighted by atomic mass is 9.33. The normalized spacial score (nSPS) is 41.2. The van der Waals surface area contributed by atoms with Crippen molar-refractivity contribution in [1.82, 2.24) is 20.3 Å². The first kappa shape index (κ1) is 47.1. The molecule has 0 bridgehead atoms. The number of hydrogen-bond acceptors (Lipinski definition) is 14. The van der Waals surface area contributed by atoms with Gasteiger partial charge in [0, 0.05) is 27.7 Å². The van der Waals surface area contributed by atoms with Crippen LogP contribution in [0.1, 0.15) is 146 Å². The SMILES string of the molecule is CC(=O)OC[C@@H]1O[C@H](n2cc(CNC(=O)[C@]34CCC(C)(C)CC3C3=CCC5[C@@]6(C)CC[C@H](O)C(C)(C)C6CC[C@@]5(C)[C@]3(C)C[C@H]4O)nn2)[C@H](OC(C)=O)[C@H](OC(C)=O)[C@H]1OC(C)=O. The number of allylic oxidation sites excluding steroid dienone is 2. The van der Waals surface area contributed by atoms with Gasteiger partial charge in [0.1, 0.15) is 18.4 Å². The van der Waals surface area contributed by atoms with Crippen molar-refractivity contribution in [1.29, 1.82) is 0 Å². The number of carbonyl (C=O) groups excluding carboxylic acids is 5. The Morgan fingerprint density at radius 3 is 2.10 bits per heavy atom. The van der Waals surface area contributed by atoms with Crippen molar-refractivity contribution >= 4 is 29.8 Å². The van der Waals surface area contributed by atoms with Gasteiger partial charge in [-0.15, -0.1) is 5.10 Å². The number of carbonyl (C=O) groups is 5. The summed E-state index contributed by atoms with van der Waals surface area (Å²) in [6.45, 7) is 20.5. The van der Waals surface area contributed by atoms with Gasteiger partial charge >= 0.3 is 23.9 Å². The third-order valence-electron chi connectivity index (χ3n) is 17.3. The first-order chi connectivity index (χ1) is 29.3. The van der Waals surface area contributed by atoms with Crippen molar-refractivity contribution in [3.05, 3.63) is 23.5 Å². The second kappa shape index (κ2) is 16.5.